The van der Waals surface area contributed by atoms with Crippen LogP contribution >= 0.6 is 15.9 Å². The molecule has 2 N–H and O–H groups in total. The zero-order chi connectivity index (χ0) is 21.8. The van der Waals surface area contributed by atoms with Crippen LogP contribution in [0.3, 0.4) is 0 Å². The number of rotatable bonds is 5. The van der Waals surface area contributed by atoms with E-state index >= 15 is 0 Å². The number of aromatic nitrogens is 2. The second kappa shape index (κ2) is 9.10. The molecular weight excluding hydrogens is 452 g/mol. The van der Waals surface area contributed by atoms with E-state index in [9.17, 15) is 4.79 Å². The van der Waals surface area contributed by atoms with Gasteiger partial charge in [-0.05, 0) is 65.7 Å². The maximum atomic E-state index is 12.8. The SMILES string of the molecule is Cc1ccc(NC(=O)c2cccc(Nc3cc(-c4ccccc4)nc(C)n3)c2)c(Br)c1. The first-order valence-electron chi connectivity index (χ1n) is 9.83. The highest BCUT2D eigenvalue weighted by molar-refractivity contribution is 9.10. The molecule has 5 nitrogen and oxygen atoms in total. The third kappa shape index (κ3) is 5.16. The van der Waals surface area contributed by atoms with Crippen LogP contribution in [-0.2, 0) is 0 Å². The third-order valence-corrected chi connectivity index (χ3v) is 5.33. The molecule has 0 spiro atoms. The lowest BCUT2D eigenvalue weighted by Gasteiger charge is -2.11. The number of carbonyl (C=O) groups excluding carboxylic acids is 1. The molecule has 3 aromatic carbocycles. The van der Waals surface area contributed by atoms with Crippen LogP contribution in [0.25, 0.3) is 11.3 Å². The molecule has 0 bridgehead atoms. The number of amides is 1. The summed E-state index contributed by atoms with van der Waals surface area (Å²) in [5.74, 6) is 1.16. The summed E-state index contributed by atoms with van der Waals surface area (Å²) in [6.07, 6.45) is 0. The molecule has 4 aromatic rings. The number of nitrogens with zero attached hydrogens (tertiary/aromatic N) is 2. The van der Waals surface area contributed by atoms with Gasteiger partial charge in [0.05, 0.1) is 11.4 Å². The van der Waals surface area contributed by atoms with Crippen LogP contribution in [0, 0.1) is 13.8 Å². The molecule has 1 heterocycles. The number of anilines is 3. The van der Waals surface area contributed by atoms with Gasteiger partial charge in [-0.25, -0.2) is 9.97 Å². The monoisotopic (exact) mass is 472 g/mol. The van der Waals surface area contributed by atoms with E-state index in [0.717, 1.165) is 32.7 Å². The Kier molecular flexibility index (Phi) is 6.09. The molecule has 0 aliphatic carbocycles. The maximum Gasteiger partial charge on any atom is 0.255 e. The van der Waals surface area contributed by atoms with Gasteiger partial charge in [0.1, 0.15) is 11.6 Å². The van der Waals surface area contributed by atoms with Gasteiger partial charge in [-0.3, -0.25) is 4.79 Å². The van der Waals surface area contributed by atoms with Crippen molar-refractivity contribution < 1.29 is 4.79 Å². The van der Waals surface area contributed by atoms with Gasteiger partial charge in [0.15, 0.2) is 0 Å². The van der Waals surface area contributed by atoms with Crippen molar-refractivity contribution in [2.24, 2.45) is 0 Å². The van der Waals surface area contributed by atoms with E-state index in [-0.39, 0.29) is 5.91 Å². The Bertz CT molecular complexity index is 1240. The van der Waals surface area contributed by atoms with Crippen LogP contribution in [0.15, 0.2) is 83.3 Å². The predicted molar refractivity (Wildman–Crippen MR) is 129 cm³/mol. The summed E-state index contributed by atoms with van der Waals surface area (Å²) in [6.45, 7) is 3.87. The van der Waals surface area contributed by atoms with E-state index in [1.165, 1.54) is 0 Å². The summed E-state index contributed by atoms with van der Waals surface area (Å²) < 4.78 is 0.847. The van der Waals surface area contributed by atoms with E-state index in [0.29, 0.717) is 17.2 Å². The Morgan fingerprint density at radius 3 is 2.45 bits per heavy atom. The minimum absolute atomic E-state index is 0.183. The van der Waals surface area contributed by atoms with Gasteiger partial charge < -0.3 is 10.6 Å². The average Bonchev–Trinajstić information content (AvgIpc) is 2.76. The number of hydrogen-bond donors (Lipinski definition) is 2. The fourth-order valence-corrected chi connectivity index (χ4v) is 3.78. The van der Waals surface area contributed by atoms with Crippen LogP contribution in [0.5, 0.6) is 0 Å². The Morgan fingerprint density at radius 1 is 0.871 bits per heavy atom. The molecule has 0 aliphatic heterocycles. The van der Waals surface area contributed by atoms with Crippen LogP contribution in [-0.4, -0.2) is 15.9 Å². The second-order valence-electron chi connectivity index (χ2n) is 7.19. The molecule has 0 aliphatic rings. The van der Waals surface area contributed by atoms with Gasteiger partial charge in [0.2, 0.25) is 0 Å². The largest absolute Gasteiger partial charge is 0.340 e. The van der Waals surface area contributed by atoms with Gasteiger partial charge in [0, 0.05) is 27.4 Å². The Balaban J connectivity index is 1.55. The molecule has 6 heteroatoms. The summed E-state index contributed by atoms with van der Waals surface area (Å²) >= 11 is 3.50. The lowest BCUT2D eigenvalue weighted by atomic mass is 10.1. The van der Waals surface area contributed by atoms with Crippen molar-refractivity contribution in [3.05, 3.63) is 100 Å². The van der Waals surface area contributed by atoms with Crippen molar-refractivity contribution >= 4 is 39.0 Å². The number of nitrogens with one attached hydrogen (secondary N) is 2. The smallest absolute Gasteiger partial charge is 0.255 e. The lowest BCUT2D eigenvalue weighted by Crippen LogP contribution is -2.12. The van der Waals surface area contributed by atoms with Crippen molar-refractivity contribution in [3.8, 4) is 11.3 Å². The predicted octanol–water partition coefficient (Wildman–Crippen LogP) is 6.52. The first-order chi connectivity index (χ1) is 15.0. The fourth-order valence-electron chi connectivity index (χ4n) is 3.19. The lowest BCUT2D eigenvalue weighted by molar-refractivity contribution is 0.102. The zero-order valence-corrected chi connectivity index (χ0v) is 18.8. The van der Waals surface area contributed by atoms with Crippen molar-refractivity contribution in [3.63, 3.8) is 0 Å². The molecule has 0 atom stereocenters. The normalized spacial score (nSPS) is 10.5. The average molecular weight is 473 g/mol. The number of aryl methyl sites for hydroxylation is 2. The van der Waals surface area contributed by atoms with E-state index in [1.807, 2.05) is 80.6 Å². The van der Waals surface area contributed by atoms with Crippen LogP contribution < -0.4 is 10.6 Å². The molecule has 0 fully saturated rings. The first-order valence-corrected chi connectivity index (χ1v) is 10.6. The Labute approximate surface area is 189 Å². The molecular formula is C25H21BrN4O. The van der Waals surface area contributed by atoms with Gasteiger partial charge in [-0.15, -0.1) is 0 Å². The van der Waals surface area contributed by atoms with Crippen molar-refractivity contribution in [1.82, 2.24) is 9.97 Å². The summed E-state index contributed by atoms with van der Waals surface area (Å²) in [5, 5.41) is 6.24. The van der Waals surface area contributed by atoms with E-state index < -0.39 is 0 Å². The standard InChI is InChI=1S/C25H21BrN4O/c1-16-11-12-22(21(26)13-16)30-25(31)19-9-6-10-20(14-19)29-24-15-23(27-17(2)28-24)18-7-4-3-5-8-18/h3-15H,1-2H3,(H,30,31)(H,27,28,29). The van der Waals surface area contributed by atoms with Gasteiger partial charge in [0.25, 0.3) is 5.91 Å². The first kappa shape index (κ1) is 20.8. The van der Waals surface area contributed by atoms with Gasteiger partial charge >= 0.3 is 0 Å². The van der Waals surface area contributed by atoms with E-state index in [1.54, 1.807) is 12.1 Å². The molecule has 1 amide bonds. The topological polar surface area (TPSA) is 66.9 Å². The second-order valence-corrected chi connectivity index (χ2v) is 8.05. The molecule has 0 unspecified atom stereocenters. The van der Waals surface area contributed by atoms with Gasteiger partial charge in [-0.1, -0.05) is 42.5 Å². The highest BCUT2D eigenvalue weighted by Crippen LogP contribution is 2.25. The van der Waals surface area contributed by atoms with Crippen molar-refractivity contribution in [2.75, 3.05) is 10.6 Å². The maximum absolute atomic E-state index is 12.8. The molecule has 0 radical (unpaired) electrons. The number of benzene rings is 3. The van der Waals surface area contributed by atoms with E-state index in [4.69, 9.17) is 0 Å². The van der Waals surface area contributed by atoms with Crippen LogP contribution in [0.4, 0.5) is 17.2 Å². The highest BCUT2D eigenvalue weighted by Gasteiger charge is 2.10. The Morgan fingerprint density at radius 2 is 1.68 bits per heavy atom. The molecule has 1 aromatic heterocycles. The van der Waals surface area contributed by atoms with Crippen LogP contribution in [0.2, 0.25) is 0 Å². The Hall–Kier alpha value is -3.51. The molecule has 0 saturated heterocycles. The molecule has 31 heavy (non-hydrogen) atoms. The minimum Gasteiger partial charge on any atom is -0.340 e. The molecule has 0 saturated carbocycles. The molecule has 154 valence electrons. The summed E-state index contributed by atoms with van der Waals surface area (Å²) in [7, 11) is 0. The van der Waals surface area contributed by atoms with Crippen molar-refractivity contribution in [1.29, 1.82) is 0 Å². The van der Waals surface area contributed by atoms with Crippen LogP contribution in [0.1, 0.15) is 21.7 Å². The number of hydrogen-bond acceptors (Lipinski definition) is 4. The van der Waals surface area contributed by atoms with Crippen molar-refractivity contribution in [2.45, 2.75) is 13.8 Å². The number of carbonyl (C=O) groups is 1. The summed E-state index contributed by atoms with van der Waals surface area (Å²) in [4.78, 5) is 21.8. The van der Waals surface area contributed by atoms with Gasteiger partial charge in [-0.2, -0.15) is 0 Å². The summed E-state index contributed by atoms with van der Waals surface area (Å²) in [6, 6.07) is 25.0. The zero-order valence-electron chi connectivity index (χ0n) is 17.2. The van der Waals surface area contributed by atoms with E-state index in [2.05, 4.69) is 36.5 Å². The quantitative estimate of drug-likeness (QED) is 0.346. The summed E-state index contributed by atoms with van der Waals surface area (Å²) in [5.41, 5.74) is 5.03. The third-order valence-electron chi connectivity index (χ3n) is 4.68. The number of halogens is 1. The minimum atomic E-state index is -0.183. The molecule has 4 rings (SSSR count). The highest BCUT2D eigenvalue weighted by atomic mass is 79.9. The fraction of sp³-hybridized carbons (Fsp3) is 0.0800.